The zero-order chi connectivity index (χ0) is 9.52. The number of pyridine rings is 1. The van der Waals surface area contributed by atoms with E-state index in [4.69, 9.17) is 5.11 Å². The Morgan fingerprint density at radius 1 is 1.54 bits per heavy atom. The molecular weight excluding hydrogens is 169 g/mol. The van der Waals surface area contributed by atoms with Crippen LogP contribution in [0.1, 0.15) is 18.4 Å². The molecule has 0 amide bonds. The van der Waals surface area contributed by atoms with Crippen molar-refractivity contribution in [3.63, 3.8) is 0 Å². The number of nitrogens with zero attached hydrogens (tertiary/aromatic N) is 1. The summed E-state index contributed by atoms with van der Waals surface area (Å²) in [6.45, 7) is -0.00611. The van der Waals surface area contributed by atoms with Crippen LogP contribution in [0.3, 0.4) is 0 Å². The van der Waals surface area contributed by atoms with Gasteiger partial charge in [-0.2, -0.15) is 0 Å². The van der Waals surface area contributed by atoms with Crippen LogP contribution in [0.2, 0.25) is 0 Å². The molecule has 1 aromatic rings. The van der Waals surface area contributed by atoms with Gasteiger partial charge in [0, 0.05) is 24.6 Å². The third kappa shape index (κ3) is 4.58. The predicted molar refractivity (Wildman–Crippen MR) is 48.9 cm³/mol. The average Bonchev–Trinajstić information content (AvgIpc) is 3.03. The third-order valence-electron chi connectivity index (χ3n) is 1.83. The summed E-state index contributed by atoms with van der Waals surface area (Å²) in [5.41, 5.74) is 0.632. The summed E-state index contributed by atoms with van der Waals surface area (Å²) in [4.78, 5) is 3.72. The normalized spacial score (nSPS) is 14.6. The molecular formula is C10H14FNO. The highest BCUT2D eigenvalue weighted by Gasteiger charge is 2.18. The summed E-state index contributed by atoms with van der Waals surface area (Å²) in [6.07, 6.45) is 5.66. The van der Waals surface area contributed by atoms with Crippen LogP contribution in [0.4, 0.5) is 4.39 Å². The maximum atomic E-state index is 11.7. The van der Waals surface area contributed by atoms with E-state index in [-0.39, 0.29) is 0 Å². The molecule has 3 heteroatoms. The molecule has 1 aliphatic carbocycles. The molecule has 0 aromatic carbocycles. The summed E-state index contributed by atoms with van der Waals surface area (Å²) in [5, 5.41) is 8.21. The Kier molecular flexibility index (Phi) is 4.40. The summed E-state index contributed by atoms with van der Waals surface area (Å²) < 4.78 is 11.7. The number of aliphatic hydroxyl groups excluding tert-OH is 1. The van der Waals surface area contributed by atoms with Gasteiger partial charge in [0.1, 0.15) is 6.67 Å². The molecule has 1 fully saturated rings. The van der Waals surface area contributed by atoms with Gasteiger partial charge in [0.05, 0.1) is 0 Å². The van der Waals surface area contributed by atoms with E-state index in [1.807, 2.05) is 0 Å². The molecule has 2 rings (SSSR count). The summed E-state index contributed by atoms with van der Waals surface area (Å²) >= 11 is 0. The minimum atomic E-state index is -0.423. The fourth-order valence-electron chi connectivity index (χ4n) is 0.778. The number of rotatable bonds is 2. The largest absolute Gasteiger partial charge is 0.396 e. The van der Waals surface area contributed by atoms with Crippen LogP contribution in [0.15, 0.2) is 24.5 Å². The average molecular weight is 183 g/mol. The molecule has 0 unspecified atom stereocenters. The number of aromatic nitrogens is 1. The molecule has 0 saturated heterocycles. The number of aliphatic hydroxyl groups is 1. The number of alkyl halides is 1. The molecule has 1 saturated carbocycles. The van der Waals surface area contributed by atoms with Crippen LogP contribution in [0.5, 0.6) is 0 Å². The Hall–Kier alpha value is -0.960. The number of hydrogen-bond donors (Lipinski definition) is 1. The van der Waals surface area contributed by atoms with Gasteiger partial charge in [-0.05, 0) is 24.8 Å². The van der Waals surface area contributed by atoms with Crippen molar-refractivity contribution in [1.82, 2.24) is 4.98 Å². The second-order valence-electron chi connectivity index (χ2n) is 3.12. The molecule has 0 bridgehead atoms. The Balaban J connectivity index is 0.000000145. The van der Waals surface area contributed by atoms with Crippen molar-refractivity contribution in [2.24, 2.45) is 5.92 Å². The van der Waals surface area contributed by atoms with Gasteiger partial charge in [-0.3, -0.25) is 4.98 Å². The van der Waals surface area contributed by atoms with Crippen LogP contribution in [0, 0.1) is 5.92 Å². The van der Waals surface area contributed by atoms with Gasteiger partial charge in [0.15, 0.2) is 0 Å². The van der Waals surface area contributed by atoms with Crippen molar-refractivity contribution in [2.45, 2.75) is 19.5 Å². The number of halogens is 1. The zero-order valence-corrected chi connectivity index (χ0v) is 7.49. The highest BCUT2D eigenvalue weighted by atomic mass is 19.1. The minimum Gasteiger partial charge on any atom is -0.396 e. The quantitative estimate of drug-likeness (QED) is 0.760. The summed E-state index contributed by atoms with van der Waals surface area (Å²) in [6, 6.07) is 3.42. The Morgan fingerprint density at radius 3 is 2.54 bits per heavy atom. The first-order chi connectivity index (χ1) is 6.36. The zero-order valence-electron chi connectivity index (χ0n) is 7.49. The second kappa shape index (κ2) is 5.65. The van der Waals surface area contributed by atoms with Gasteiger partial charge < -0.3 is 5.11 Å². The van der Waals surface area contributed by atoms with E-state index in [0.717, 1.165) is 0 Å². The van der Waals surface area contributed by atoms with Gasteiger partial charge in [-0.15, -0.1) is 0 Å². The van der Waals surface area contributed by atoms with E-state index in [1.165, 1.54) is 19.0 Å². The molecule has 0 aliphatic heterocycles. The minimum absolute atomic E-state index is 0.417. The first-order valence-corrected chi connectivity index (χ1v) is 4.42. The fraction of sp³-hybridized carbons (Fsp3) is 0.500. The Labute approximate surface area is 77.4 Å². The van der Waals surface area contributed by atoms with E-state index in [2.05, 4.69) is 4.98 Å². The maximum Gasteiger partial charge on any atom is 0.116 e. The molecule has 13 heavy (non-hydrogen) atoms. The van der Waals surface area contributed by atoms with E-state index in [1.54, 1.807) is 18.3 Å². The standard InChI is InChI=1S/C6H6FN.C4H8O/c7-4-6-2-1-3-8-5-6;5-3-4-1-2-4/h1-3,5H,4H2;4-5H,1-3H2. The monoisotopic (exact) mass is 183 g/mol. The molecule has 0 radical (unpaired) electrons. The third-order valence-corrected chi connectivity index (χ3v) is 1.83. The highest BCUT2D eigenvalue weighted by Crippen LogP contribution is 2.27. The molecule has 1 aliphatic rings. The van der Waals surface area contributed by atoms with Crippen LogP contribution >= 0.6 is 0 Å². The second-order valence-corrected chi connectivity index (χ2v) is 3.12. The first kappa shape index (κ1) is 10.1. The SMILES string of the molecule is FCc1cccnc1.OCC1CC1. The lowest BCUT2D eigenvalue weighted by molar-refractivity contribution is 0.277. The van der Waals surface area contributed by atoms with Crippen molar-refractivity contribution in [2.75, 3.05) is 6.61 Å². The topological polar surface area (TPSA) is 33.1 Å². The number of hydrogen-bond acceptors (Lipinski definition) is 2. The summed E-state index contributed by atoms with van der Waals surface area (Å²) in [5.74, 6) is 0.690. The maximum absolute atomic E-state index is 11.7. The lowest BCUT2D eigenvalue weighted by Crippen LogP contribution is -1.78. The molecule has 2 nitrogen and oxygen atoms in total. The van der Waals surface area contributed by atoms with E-state index >= 15 is 0 Å². The molecule has 1 heterocycles. The molecule has 1 N–H and O–H groups in total. The lowest BCUT2D eigenvalue weighted by Gasteiger charge is -1.86. The fourth-order valence-corrected chi connectivity index (χ4v) is 0.778. The summed E-state index contributed by atoms with van der Waals surface area (Å²) in [7, 11) is 0. The first-order valence-electron chi connectivity index (χ1n) is 4.42. The van der Waals surface area contributed by atoms with Gasteiger partial charge in [0.25, 0.3) is 0 Å². The van der Waals surface area contributed by atoms with Crippen molar-refractivity contribution in [1.29, 1.82) is 0 Å². The van der Waals surface area contributed by atoms with Gasteiger partial charge in [-0.1, -0.05) is 6.07 Å². The molecule has 0 spiro atoms. The molecule has 0 atom stereocenters. The van der Waals surface area contributed by atoms with Crippen molar-refractivity contribution < 1.29 is 9.50 Å². The van der Waals surface area contributed by atoms with Crippen LogP contribution in [-0.2, 0) is 6.67 Å². The van der Waals surface area contributed by atoms with E-state index in [9.17, 15) is 4.39 Å². The van der Waals surface area contributed by atoms with Crippen LogP contribution in [0.25, 0.3) is 0 Å². The lowest BCUT2D eigenvalue weighted by atomic mass is 10.3. The smallest absolute Gasteiger partial charge is 0.116 e. The Bertz CT molecular complexity index is 224. The molecule has 1 aromatic heterocycles. The van der Waals surface area contributed by atoms with E-state index in [0.29, 0.717) is 18.1 Å². The van der Waals surface area contributed by atoms with Gasteiger partial charge >= 0.3 is 0 Å². The van der Waals surface area contributed by atoms with Crippen molar-refractivity contribution >= 4 is 0 Å². The predicted octanol–water partition coefficient (Wildman–Crippen LogP) is 1.94. The van der Waals surface area contributed by atoms with E-state index < -0.39 is 6.67 Å². The Morgan fingerprint density at radius 2 is 2.31 bits per heavy atom. The van der Waals surface area contributed by atoms with Gasteiger partial charge in [-0.25, -0.2) is 4.39 Å². The van der Waals surface area contributed by atoms with Crippen LogP contribution < -0.4 is 0 Å². The highest BCUT2D eigenvalue weighted by molar-refractivity contribution is 5.06. The van der Waals surface area contributed by atoms with Crippen LogP contribution in [-0.4, -0.2) is 16.7 Å². The van der Waals surface area contributed by atoms with Gasteiger partial charge in [0.2, 0.25) is 0 Å². The molecule has 72 valence electrons. The van der Waals surface area contributed by atoms with Crippen molar-refractivity contribution in [3.8, 4) is 0 Å². The van der Waals surface area contributed by atoms with Crippen molar-refractivity contribution in [3.05, 3.63) is 30.1 Å².